The Balaban J connectivity index is 1.62. The first-order valence-electron chi connectivity index (χ1n) is 9.69. The zero-order valence-electron chi connectivity index (χ0n) is 16.4. The molecule has 0 bridgehead atoms. The number of aromatic nitrogens is 3. The standard InChI is InChI=1S/C22H24N4O2/c1-13(2)21-23-12-18(19-10-14(3)26-28-19)20(25-21)16-6-4-15(5-7-16)11-24-22(27)17-8-9-17/h4-7,10,12-13,17H,8-9,11H2,1-3H3,(H,24,27). The van der Waals surface area contributed by atoms with E-state index in [4.69, 9.17) is 9.51 Å². The number of benzene rings is 1. The lowest BCUT2D eigenvalue weighted by atomic mass is 10.0. The van der Waals surface area contributed by atoms with Gasteiger partial charge in [-0.15, -0.1) is 0 Å². The van der Waals surface area contributed by atoms with Gasteiger partial charge in [0.25, 0.3) is 0 Å². The maximum atomic E-state index is 11.8. The molecular formula is C22H24N4O2. The van der Waals surface area contributed by atoms with Gasteiger partial charge in [-0.3, -0.25) is 4.79 Å². The lowest BCUT2D eigenvalue weighted by Gasteiger charge is -2.11. The molecule has 6 nitrogen and oxygen atoms in total. The molecule has 1 aliphatic rings. The summed E-state index contributed by atoms with van der Waals surface area (Å²) in [6.45, 7) is 6.58. The topological polar surface area (TPSA) is 80.9 Å². The van der Waals surface area contributed by atoms with Crippen molar-refractivity contribution in [1.82, 2.24) is 20.4 Å². The highest BCUT2D eigenvalue weighted by Gasteiger charge is 2.29. The first-order chi connectivity index (χ1) is 13.5. The number of amides is 1. The van der Waals surface area contributed by atoms with E-state index in [9.17, 15) is 4.79 Å². The number of nitrogens with one attached hydrogen (secondary N) is 1. The molecule has 4 rings (SSSR count). The molecule has 0 aliphatic heterocycles. The first-order valence-corrected chi connectivity index (χ1v) is 9.69. The number of hydrogen-bond acceptors (Lipinski definition) is 5. The molecule has 0 spiro atoms. The van der Waals surface area contributed by atoms with Crippen LogP contribution < -0.4 is 5.32 Å². The SMILES string of the molecule is Cc1cc(-c2cnc(C(C)C)nc2-c2ccc(CNC(=O)C3CC3)cc2)on1. The van der Waals surface area contributed by atoms with Crippen LogP contribution in [0.1, 0.15) is 49.7 Å². The third-order valence-corrected chi connectivity index (χ3v) is 4.86. The van der Waals surface area contributed by atoms with Crippen molar-refractivity contribution in [2.75, 3.05) is 0 Å². The lowest BCUT2D eigenvalue weighted by molar-refractivity contribution is -0.122. The molecule has 1 amide bonds. The van der Waals surface area contributed by atoms with Gasteiger partial charge in [0.05, 0.1) is 17.0 Å². The fraction of sp³-hybridized carbons (Fsp3) is 0.364. The van der Waals surface area contributed by atoms with E-state index >= 15 is 0 Å². The molecule has 1 saturated carbocycles. The Morgan fingerprint density at radius 3 is 2.61 bits per heavy atom. The van der Waals surface area contributed by atoms with Crippen molar-refractivity contribution in [2.24, 2.45) is 5.92 Å². The zero-order valence-corrected chi connectivity index (χ0v) is 16.4. The molecule has 2 heterocycles. The van der Waals surface area contributed by atoms with Gasteiger partial charge < -0.3 is 9.84 Å². The Morgan fingerprint density at radius 2 is 2.00 bits per heavy atom. The van der Waals surface area contributed by atoms with Gasteiger partial charge in [-0.25, -0.2) is 9.97 Å². The second-order valence-corrected chi connectivity index (χ2v) is 7.67. The Morgan fingerprint density at radius 1 is 1.25 bits per heavy atom. The summed E-state index contributed by atoms with van der Waals surface area (Å²) in [4.78, 5) is 21.1. The van der Waals surface area contributed by atoms with Crippen LogP contribution in [0.15, 0.2) is 41.1 Å². The van der Waals surface area contributed by atoms with Crippen molar-refractivity contribution in [3.8, 4) is 22.6 Å². The summed E-state index contributed by atoms with van der Waals surface area (Å²) in [5, 5.41) is 6.99. The average Bonchev–Trinajstić information content (AvgIpc) is 3.47. The van der Waals surface area contributed by atoms with Crippen molar-refractivity contribution < 1.29 is 9.32 Å². The average molecular weight is 376 g/mol. The van der Waals surface area contributed by atoms with E-state index in [1.807, 2.05) is 37.3 Å². The molecule has 0 unspecified atom stereocenters. The molecule has 0 saturated heterocycles. The van der Waals surface area contributed by atoms with E-state index in [-0.39, 0.29) is 17.7 Å². The first kappa shape index (κ1) is 18.3. The van der Waals surface area contributed by atoms with Crippen LogP contribution in [-0.4, -0.2) is 21.0 Å². The molecule has 3 aromatic rings. The predicted octanol–water partition coefficient (Wildman–Crippen LogP) is 4.26. The Labute approximate surface area is 164 Å². The summed E-state index contributed by atoms with van der Waals surface area (Å²) in [6.07, 6.45) is 3.84. The Bertz CT molecular complexity index is 988. The fourth-order valence-electron chi connectivity index (χ4n) is 3.02. The van der Waals surface area contributed by atoms with Gasteiger partial charge in [0, 0.05) is 36.2 Å². The molecule has 0 atom stereocenters. The molecule has 2 aromatic heterocycles. The summed E-state index contributed by atoms with van der Waals surface area (Å²) in [6, 6.07) is 9.98. The van der Waals surface area contributed by atoms with Crippen LogP contribution in [0.3, 0.4) is 0 Å². The van der Waals surface area contributed by atoms with Crippen molar-refractivity contribution in [2.45, 2.75) is 46.1 Å². The normalized spacial score (nSPS) is 13.7. The summed E-state index contributed by atoms with van der Waals surface area (Å²) < 4.78 is 5.45. The molecule has 6 heteroatoms. The second-order valence-electron chi connectivity index (χ2n) is 7.67. The number of hydrogen-bond donors (Lipinski definition) is 1. The van der Waals surface area contributed by atoms with Crippen LogP contribution in [0.2, 0.25) is 0 Å². The van der Waals surface area contributed by atoms with Crippen LogP contribution >= 0.6 is 0 Å². The highest BCUT2D eigenvalue weighted by atomic mass is 16.5. The quantitative estimate of drug-likeness (QED) is 0.695. The van der Waals surface area contributed by atoms with E-state index in [0.717, 1.165) is 46.7 Å². The van der Waals surface area contributed by atoms with Gasteiger partial charge >= 0.3 is 0 Å². The summed E-state index contributed by atoms with van der Waals surface area (Å²) >= 11 is 0. The maximum Gasteiger partial charge on any atom is 0.223 e. The fourth-order valence-corrected chi connectivity index (χ4v) is 3.02. The summed E-state index contributed by atoms with van der Waals surface area (Å²) in [7, 11) is 0. The van der Waals surface area contributed by atoms with Crippen LogP contribution in [0, 0.1) is 12.8 Å². The third-order valence-electron chi connectivity index (χ3n) is 4.86. The highest BCUT2D eigenvalue weighted by Crippen LogP contribution is 2.32. The molecule has 28 heavy (non-hydrogen) atoms. The Kier molecular flexibility index (Phi) is 4.94. The smallest absolute Gasteiger partial charge is 0.223 e. The van der Waals surface area contributed by atoms with Crippen molar-refractivity contribution in [1.29, 1.82) is 0 Å². The molecule has 1 fully saturated rings. The number of carbonyl (C=O) groups excluding carboxylic acids is 1. The van der Waals surface area contributed by atoms with Gasteiger partial charge in [-0.05, 0) is 25.3 Å². The van der Waals surface area contributed by atoms with Gasteiger partial charge in [0.15, 0.2) is 5.76 Å². The van der Waals surface area contributed by atoms with Gasteiger partial charge in [-0.2, -0.15) is 0 Å². The van der Waals surface area contributed by atoms with Crippen molar-refractivity contribution in [3.63, 3.8) is 0 Å². The highest BCUT2D eigenvalue weighted by molar-refractivity contribution is 5.81. The van der Waals surface area contributed by atoms with Crippen molar-refractivity contribution >= 4 is 5.91 Å². The largest absolute Gasteiger partial charge is 0.356 e. The molecule has 1 N–H and O–H groups in total. The van der Waals surface area contributed by atoms with E-state index in [0.29, 0.717) is 12.3 Å². The maximum absolute atomic E-state index is 11.8. The van der Waals surface area contributed by atoms with E-state index < -0.39 is 0 Å². The number of rotatable bonds is 6. The Hall–Kier alpha value is -3.02. The van der Waals surface area contributed by atoms with Gasteiger partial charge in [0.1, 0.15) is 5.82 Å². The molecule has 0 radical (unpaired) electrons. The summed E-state index contributed by atoms with van der Waals surface area (Å²) in [5.41, 5.74) is 4.50. The lowest BCUT2D eigenvalue weighted by Crippen LogP contribution is -2.24. The van der Waals surface area contributed by atoms with E-state index in [1.165, 1.54) is 0 Å². The molecule has 144 valence electrons. The van der Waals surface area contributed by atoms with Crippen molar-refractivity contribution in [3.05, 3.63) is 53.6 Å². The molecular weight excluding hydrogens is 352 g/mol. The van der Waals surface area contributed by atoms with Crippen LogP contribution in [0.25, 0.3) is 22.6 Å². The number of nitrogens with zero attached hydrogens (tertiary/aromatic N) is 3. The molecule has 1 aliphatic carbocycles. The second kappa shape index (κ2) is 7.54. The van der Waals surface area contributed by atoms with Crippen LogP contribution in [-0.2, 0) is 11.3 Å². The van der Waals surface area contributed by atoms with Crippen LogP contribution in [0.4, 0.5) is 0 Å². The molecule has 1 aromatic carbocycles. The minimum absolute atomic E-state index is 0.157. The van der Waals surface area contributed by atoms with Crippen LogP contribution in [0.5, 0.6) is 0 Å². The number of aryl methyl sites for hydroxylation is 1. The zero-order chi connectivity index (χ0) is 19.7. The minimum atomic E-state index is 0.157. The third kappa shape index (κ3) is 3.96. The van der Waals surface area contributed by atoms with Gasteiger partial charge in [-0.1, -0.05) is 43.3 Å². The predicted molar refractivity (Wildman–Crippen MR) is 106 cm³/mol. The van der Waals surface area contributed by atoms with E-state index in [1.54, 1.807) is 6.20 Å². The minimum Gasteiger partial charge on any atom is -0.356 e. The van der Waals surface area contributed by atoms with Gasteiger partial charge in [0.2, 0.25) is 5.91 Å². The van der Waals surface area contributed by atoms with E-state index in [2.05, 4.69) is 29.3 Å². The number of carbonyl (C=O) groups is 1. The summed E-state index contributed by atoms with van der Waals surface area (Å²) in [5.74, 6) is 2.05. The monoisotopic (exact) mass is 376 g/mol.